The van der Waals surface area contributed by atoms with Crippen LogP contribution in [0.2, 0.25) is 0 Å². The minimum atomic E-state index is 0.0829. The Morgan fingerprint density at radius 3 is 2.79 bits per heavy atom. The average Bonchev–Trinajstić information content (AvgIpc) is 3.62. The molecule has 2 aliphatic rings. The van der Waals surface area contributed by atoms with Crippen molar-refractivity contribution in [3.8, 4) is 23.0 Å². The first-order valence-electron chi connectivity index (χ1n) is 11.1. The first-order chi connectivity index (χ1) is 16.7. The molecule has 4 heterocycles. The van der Waals surface area contributed by atoms with Crippen LogP contribution in [0.4, 0.5) is 0 Å². The van der Waals surface area contributed by atoms with Gasteiger partial charge in [0, 0.05) is 49.8 Å². The van der Waals surface area contributed by atoms with Gasteiger partial charge in [-0.3, -0.25) is 9.69 Å². The normalized spacial score (nSPS) is 15.8. The number of aromatic amines is 1. The second-order valence-electron chi connectivity index (χ2n) is 8.25. The molecule has 0 atom stereocenters. The number of ether oxygens (including phenoxy) is 2. The number of fused-ring (bicyclic) bond motifs is 2. The molecule has 0 saturated carbocycles. The lowest BCUT2D eigenvalue weighted by Gasteiger charge is -2.34. The van der Waals surface area contributed by atoms with Crippen molar-refractivity contribution in [3.05, 3.63) is 54.2 Å². The lowest BCUT2D eigenvalue weighted by atomic mass is 10.1. The van der Waals surface area contributed by atoms with E-state index in [0.717, 1.165) is 47.6 Å². The third kappa shape index (κ3) is 4.22. The number of piperazine rings is 1. The smallest absolute Gasteiger partial charge is 0.277 e. The number of nitrogens with zero attached hydrogens (tertiary/aromatic N) is 4. The zero-order chi connectivity index (χ0) is 22.9. The molecule has 0 aliphatic carbocycles. The van der Waals surface area contributed by atoms with E-state index in [0.29, 0.717) is 24.2 Å². The highest BCUT2D eigenvalue weighted by Gasteiger charge is 2.23. The summed E-state index contributed by atoms with van der Waals surface area (Å²) in [5.74, 6) is 2.41. The van der Waals surface area contributed by atoms with Crippen LogP contribution in [0.25, 0.3) is 22.4 Å². The van der Waals surface area contributed by atoms with Crippen molar-refractivity contribution in [2.24, 2.45) is 0 Å². The van der Waals surface area contributed by atoms with Crippen LogP contribution >= 0.6 is 11.8 Å². The van der Waals surface area contributed by atoms with Crippen LogP contribution in [0.1, 0.15) is 5.56 Å². The topological polar surface area (TPSA) is 96.7 Å². The van der Waals surface area contributed by atoms with E-state index < -0.39 is 0 Å². The summed E-state index contributed by atoms with van der Waals surface area (Å²) >= 11 is 1.28. The van der Waals surface area contributed by atoms with Crippen molar-refractivity contribution < 1.29 is 18.7 Å². The molecule has 2 aromatic carbocycles. The maximum atomic E-state index is 12.7. The van der Waals surface area contributed by atoms with Crippen molar-refractivity contribution >= 4 is 28.6 Å². The zero-order valence-electron chi connectivity index (χ0n) is 18.4. The average molecular weight is 478 g/mol. The molecule has 10 heteroatoms. The van der Waals surface area contributed by atoms with E-state index in [1.807, 2.05) is 47.5 Å². The quantitative estimate of drug-likeness (QED) is 0.422. The summed E-state index contributed by atoms with van der Waals surface area (Å²) in [6.45, 7) is 4.17. The summed E-state index contributed by atoms with van der Waals surface area (Å²) in [5, 5.41) is 9.70. The molecule has 4 aromatic rings. The van der Waals surface area contributed by atoms with Gasteiger partial charge in [0.1, 0.15) is 0 Å². The second-order valence-corrected chi connectivity index (χ2v) is 9.18. The van der Waals surface area contributed by atoms with Crippen LogP contribution in [0.15, 0.2) is 58.3 Å². The number of carbonyl (C=O) groups excluding carboxylic acids is 1. The van der Waals surface area contributed by atoms with Crippen LogP contribution in [0.3, 0.4) is 0 Å². The largest absolute Gasteiger partial charge is 0.454 e. The Hall–Kier alpha value is -3.50. The molecule has 0 unspecified atom stereocenters. The van der Waals surface area contributed by atoms with E-state index in [1.54, 1.807) is 0 Å². The SMILES string of the molecule is O=C(CSc1nnc(-c2c[nH]c3ccccc23)o1)N1CCN(Cc2ccc3c(c2)OCO3)CC1. The number of benzene rings is 2. The number of nitrogens with one attached hydrogen (secondary N) is 1. The lowest BCUT2D eigenvalue weighted by Crippen LogP contribution is -2.48. The summed E-state index contributed by atoms with van der Waals surface area (Å²) in [4.78, 5) is 20.2. The predicted molar refractivity (Wildman–Crippen MR) is 127 cm³/mol. The van der Waals surface area contributed by atoms with E-state index in [-0.39, 0.29) is 18.5 Å². The van der Waals surface area contributed by atoms with Gasteiger partial charge < -0.3 is 23.8 Å². The van der Waals surface area contributed by atoms with Crippen LogP contribution in [0, 0.1) is 0 Å². The molecule has 174 valence electrons. The van der Waals surface area contributed by atoms with Gasteiger partial charge in [-0.15, -0.1) is 10.2 Å². The number of aromatic nitrogens is 3. The fourth-order valence-electron chi connectivity index (χ4n) is 4.29. The number of H-pyrrole nitrogens is 1. The first kappa shape index (κ1) is 21.1. The highest BCUT2D eigenvalue weighted by molar-refractivity contribution is 7.99. The summed E-state index contributed by atoms with van der Waals surface area (Å²) < 4.78 is 16.7. The Morgan fingerprint density at radius 2 is 1.88 bits per heavy atom. The van der Waals surface area contributed by atoms with Crippen molar-refractivity contribution in [2.45, 2.75) is 11.8 Å². The maximum absolute atomic E-state index is 12.7. The lowest BCUT2D eigenvalue weighted by molar-refractivity contribution is -0.130. The van der Waals surface area contributed by atoms with Gasteiger partial charge in [-0.25, -0.2) is 0 Å². The van der Waals surface area contributed by atoms with E-state index in [2.05, 4.69) is 26.1 Å². The van der Waals surface area contributed by atoms with Crippen molar-refractivity contribution in [1.29, 1.82) is 0 Å². The van der Waals surface area contributed by atoms with Crippen molar-refractivity contribution in [2.75, 3.05) is 38.7 Å². The molecule has 9 nitrogen and oxygen atoms in total. The van der Waals surface area contributed by atoms with Gasteiger partial charge in [-0.05, 0) is 23.8 Å². The van der Waals surface area contributed by atoms with Crippen LogP contribution in [-0.4, -0.2) is 69.6 Å². The third-order valence-corrected chi connectivity index (χ3v) is 6.92. The molecular weight excluding hydrogens is 454 g/mol. The van der Waals surface area contributed by atoms with Gasteiger partial charge in [-0.2, -0.15) is 0 Å². The van der Waals surface area contributed by atoms with Gasteiger partial charge in [0.05, 0.1) is 11.3 Å². The Balaban J connectivity index is 1.00. The molecule has 34 heavy (non-hydrogen) atoms. The molecule has 1 amide bonds. The fraction of sp³-hybridized carbons (Fsp3) is 0.292. The van der Waals surface area contributed by atoms with Crippen molar-refractivity contribution in [3.63, 3.8) is 0 Å². The second kappa shape index (κ2) is 9.03. The molecule has 0 bridgehead atoms. The maximum Gasteiger partial charge on any atom is 0.277 e. The fourth-order valence-corrected chi connectivity index (χ4v) is 4.96. The predicted octanol–water partition coefficient (Wildman–Crippen LogP) is 3.38. The molecule has 1 saturated heterocycles. The van der Waals surface area contributed by atoms with Gasteiger partial charge in [0.25, 0.3) is 11.1 Å². The minimum Gasteiger partial charge on any atom is -0.454 e. The molecule has 1 fully saturated rings. The molecule has 0 spiro atoms. The molecular formula is C24H23N5O4S. The summed E-state index contributed by atoms with van der Waals surface area (Å²) in [6, 6.07) is 14.0. The Labute approximate surface area is 200 Å². The number of thioether (sulfide) groups is 1. The standard InChI is InChI=1S/C24H23N5O4S/c30-22(14-34-24-27-26-23(33-24)18-12-25-19-4-2-1-3-17(18)19)29-9-7-28(8-10-29)13-16-5-6-20-21(11-16)32-15-31-20/h1-6,11-12,25H,7-10,13-15H2. The van der Waals surface area contributed by atoms with Crippen LogP contribution < -0.4 is 9.47 Å². The monoisotopic (exact) mass is 477 g/mol. The number of rotatable bonds is 6. The number of hydrogen-bond donors (Lipinski definition) is 1. The highest BCUT2D eigenvalue weighted by Crippen LogP contribution is 2.33. The van der Waals surface area contributed by atoms with E-state index in [1.165, 1.54) is 17.3 Å². The van der Waals surface area contributed by atoms with Gasteiger partial charge in [0.15, 0.2) is 11.5 Å². The van der Waals surface area contributed by atoms with Gasteiger partial charge >= 0.3 is 0 Å². The van der Waals surface area contributed by atoms with Crippen molar-refractivity contribution in [1.82, 2.24) is 25.0 Å². The number of para-hydroxylation sites is 1. The molecule has 2 aromatic heterocycles. The Kier molecular flexibility index (Phi) is 5.60. The molecule has 2 aliphatic heterocycles. The minimum absolute atomic E-state index is 0.0829. The van der Waals surface area contributed by atoms with Crippen LogP contribution in [0.5, 0.6) is 11.5 Å². The Bertz CT molecular complexity index is 1330. The summed E-state index contributed by atoms with van der Waals surface area (Å²) in [6.07, 6.45) is 1.86. The van der Waals surface area contributed by atoms with E-state index in [4.69, 9.17) is 13.9 Å². The van der Waals surface area contributed by atoms with E-state index in [9.17, 15) is 4.79 Å². The van der Waals surface area contributed by atoms with Gasteiger partial charge in [-0.1, -0.05) is 36.0 Å². The molecule has 6 rings (SSSR count). The zero-order valence-corrected chi connectivity index (χ0v) is 19.2. The first-order valence-corrected chi connectivity index (χ1v) is 12.1. The number of amides is 1. The van der Waals surface area contributed by atoms with E-state index >= 15 is 0 Å². The molecule has 1 N–H and O–H groups in total. The summed E-state index contributed by atoms with van der Waals surface area (Å²) in [5.41, 5.74) is 3.06. The number of hydrogen-bond acceptors (Lipinski definition) is 8. The highest BCUT2D eigenvalue weighted by atomic mass is 32.2. The number of carbonyl (C=O) groups is 1. The van der Waals surface area contributed by atoms with Gasteiger partial charge in [0.2, 0.25) is 12.7 Å². The Morgan fingerprint density at radius 1 is 1.03 bits per heavy atom. The third-order valence-electron chi connectivity index (χ3n) is 6.11. The molecule has 0 radical (unpaired) electrons. The van der Waals surface area contributed by atoms with Crippen LogP contribution in [-0.2, 0) is 11.3 Å². The summed E-state index contributed by atoms with van der Waals surface area (Å²) in [7, 11) is 0.